The summed E-state index contributed by atoms with van der Waals surface area (Å²) in [6.45, 7) is 14.1. The fraction of sp³-hybridized carbons (Fsp3) is 0.750. The van der Waals surface area contributed by atoms with Crippen molar-refractivity contribution >= 4 is 8.32 Å². The van der Waals surface area contributed by atoms with Gasteiger partial charge in [-0.25, -0.2) is 4.79 Å². The van der Waals surface area contributed by atoms with Gasteiger partial charge in [0.05, 0.1) is 12.7 Å². The summed E-state index contributed by atoms with van der Waals surface area (Å²) in [5, 5.41) is 9.98. The molecule has 0 saturated heterocycles. The molecule has 0 fully saturated rings. The molecular weight excluding hydrogens is 328 g/mol. The lowest BCUT2D eigenvalue weighted by molar-refractivity contribution is -0.0799. The van der Waals surface area contributed by atoms with Gasteiger partial charge in [0.2, 0.25) is 0 Å². The molecule has 0 aliphatic heterocycles. The molecule has 0 saturated carbocycles. The first-order chi connectivity index (χ1) is 10.8. The van der Waals surface area contributed by atoms with Crippen molar-refractivity contribution < 1.29 is 14.3 Å². The van der Waals surface area contributed by atoms with Crippen molar-refractivity contribution in [2.45, 2.75) is 71.7 Å². The van der Waals surface area contributed by atoms with Gasteiger partial charge in [-0.1, -0.05) is 20.8 Å². The number of aromatic nitrogens is 2. The fourth-order valence-corrected chi connectivity index (χ4v) is 2.74. The van der Waals surface area contributed by atoms with Crippen molar-refractivity contribution in [3.8, 4) is 0 Å². The summed E-state index contributed by atoms with van der Waals surface area (Å²) < 4.78 is 13.0. The van der Waals surface area contributed by atoms with E-state index in [1.807, 2.05) is 0 Å². The first kappa shape index (κ1) is 20.8. The number of aliphatic hydroxyl groups is 1. The third-order valence-corrected chi connectivity index (χ3v) is 9.07. The van der Waals surface area contributed by atoms with E-state index in [0.717, 1.165) is 0 Å². The van der Waals surface area contributed by atoms with Crippen LogP contribution in [0.4, 0.5) is 0 Å². The van der Waals surface area contributed by atoms with E-state index in [1.54, 1.807) is 13.8 Å². The number of nitrogens with zero attached hydrogens (tertiary/aromatic N) is 1. The molecule has 24 heavy (non-hydrogen) atoms. The summed E-state index contributed by atoms with van der Waals surface area (Å²) in [7, 11) is -1.96. The largest absolute Gasteiger partial charge is 0.414 e. The smallest absolute Gasteiger partial charge is 0.330 e. The predicted octanol–water partition coefficient (Wildman–Crippen LogP) is 1.59. The Morgan fingerprint density at radius 2 is 1.92 bits per heavy atom. The van der Waals surface area contributed by atoms with E-state index in [-0.39, 0.29) is 18.4 Å². The topological polar surface area (TPSA) is 93.6 Å². The maximum absolute atomic E-state index is 11.8. The highest BCUT2D eigenvalue weighted by molar-refractivity contribution is 6.74. The highest BCUT2D eigenvalue weighted by Crippen LogP contribution is 2.36. The second-order valence-corrected chi connectivity index (χ2v) is 12.5. The van der Waals surface area contributed by atoms with E-state index in [4.69, 9.17) is 9.16 Å². The average Bonchev–Trinajstić information content (AvgIpc) is 2.42. The number of aryl methyl sites for hydroxylation is 1. The lowest BCUT2D eigenvalue weighted by Crippen LogP contribution is -2.45. The molecule has 0 aromatic carbocycles. The maximum Gasteiger partial charge on any atom is 0.330 e. The lowest BCUT2D eigenvalue weighted by atomic mass is 10.2. The van der Waals surface area contributed by atoms with E-state index in [9.17, 15) is 14.7 Å². The highest BCUT2D eigenvalue weighted by atomic mass is 28.4. The van der Waals surface area contributed by atoms with Gasteiger partial charge in [0, 0.05) is 11.8 Å². The standard InChI is InChI=1S/C16H30N2O5Si/c1-11-8-18(15(21)17-14(11)20)10-22-13(12(2)19)9-23-24(6,7)16(3,4)5/h8,12-13,19H,9-10H2,1-7H3,(H,17,20,21)/t12?,13-/m1/s1. The lowest BCUT2D eigenvalue weighted by Gasteiger charge is -2.37. The second kappa shape index (κ2) is 7.77. The SMILES string of the molecule is Cc1cn(CO[C@H](CO[Si](C)(C)C(C)(C)C)C(C)O)c(=O)[nH]c1=O. The molecule has 8 heteroatoms. The third kappa shape index (κ3) is 5.40. The molecule has 1 rings (SSSR count). The van der Waals surface area contributed by atoms with Crippen molar-refractivity contribution in [3.63, 3.8) is 0 Å². The number of hydrogen-bond donors (Lipinski definition) is 2. The van der Waals surface area contributed by atoms with Gasteiger partial charge in [-0.15, -0.1) is 0 Å². The minimum atomic E-state index is -1.96. The van der Waals surface area contributed by atoms with Gasteiger partial charge in [-0.3, -0.25) is 14.3 Å². The zero-order chi connectivity index (χ0) is 18.7. The van der Waals surface area contributed by atoms with E-state index < -0.39 is 31.8 Å². The van der Waals surface area contributed by atoms with Crippen LogP contribution in [0, 0.1) is 6.92 Å². The summed E-state index contributed by atoms with van der Waals surface area (Å²) >= 11 is 0. The summed E-state index contributed by atoms with van der Waals surface area (Å²) in [5.41, 5.74) is -0.533. The molecular formula is C16H30N2O5Si. The molecule has 0 aliphatic rings. The van der Waals surface area contributed by atoms with Crippen molar-refractivity contribution in [1.29, 1.82) is 0 Å². The fourth-order valence-electron chi connectivity index (χ4n) is 1.72. The number of H-pyrrole nitrogens is 1. The van der Waals surface area contributed by atoms with Crippen LogP contribution in [0.5, 0.6) is 0 Å². The molecule has 0 amide bonds. The molecule has 1 unspecified atom stereocenters. The number of aliphatic hydroxyl groups excluding tert-OH is 1. The number of aromatic amines is 1. The zero-order valence-electron chi connectivity index (χ0n) is 15.7. The van der Waals surface area contributed by atoms with Crippen molar-refractivity contribution in [3.05, 3.63) is 32.6 Å². The molecule has 2 atom stereocenters. The van der Waals surface area contributed by atoms with Crippen LogP contribution in [0.3, 0.4) is 0 Å². The normalized spacial score (nSPS) is 15.3. The van der Waals surface area contributed by atoms with Gasteiger partial charge in [0.25, 0.3) is 5.56 Å². The molecule has 138 valence electrons. The van der Waals surface area contributed by atoms with Crippen molar-refractivity contribution in [2.75, 3.05) is 6.61 Å². The third-order valence-electron chi connectivity index (χ3n) is 4.57. The first-order valence-electron chi connectivity index (χ1n) is 8.09. The molecule has 7 nitrogen and oxygen atoms in total. The Morgan fingerprint density at radius 3 is 2.42 bits per heavy atom. The second-order valence-electron chi connectivity index (χ2n) is 7.69. The number of hydrogen-bond acceptors (Lipinski definition) is 5. The average molecular weight is 359 g/mol. The Morgan fingerprint density at radius 1 is 1.33 bits per heavy atom. The molecule has 1 aromatic rings. The maximum atomic E-state index is 11.8. The van der Waals surface area contributed by atoms with Gasteiger partial charge in [-0.2, -0.15) is 0 Å². The number of nitrogens with one attached hydrogen (secondary N) is 1. The molecule has 0 radical (unpaired) electrons. The van der Waals surface area contributed by atoms with Crippen LogP contribution in [0.25, 0.3) is 0 Å². The Kier molecular flexibility index (Phi) is 6.74. The molecule has 0 spiro atoms. The number of rotatable bonds is 7. The van der Waals surface area contributed by atoms with E-state index in [0.29, 0.717) is 5.56 Å². The van der Waals surface area contributed by atoms with Crippen LogP contribution < -0.4 is 11.2 Å². The van der Waals surface area contributed by atoms with Crippen LogP contribution in [-0.2, 0) is 15.9 Å². The highest BCUT2D eigenvalue weighted by Gasteiger charge is 2.38. The van der Waals surface area contributed by atoms with Gasteiger partial charge < -0.3 is 14.3 Å². The van der Waals surface area contributed by atoms with E-state index >= 15 is 0 Å². The summed E-state index contributed by atoms with van der Waals surface area (Å²) in [5.74, 6) is 0. The van der Waals surface area contributed by atoms with Gasteiger partial charge in [0.1, 0.15) is 12.8 Å². The van der Waals surface area contributed by atoms with Crippen molar-refractivity contribution in [1.82, 2.24) is 9.55 Å². The minimum absolute atomic E-state index is 0.0587. The molecule has 1 aromatic heterocycles. The van der Waals surface area contributed by atoms with Gasteiger partial charge >= 0.3 is 5.69 Å². The summed E-state index contributed by atoms with van der Waals surface area (Å²) in [6.07, 6.45) is 0.141. The van der Waals surface area contributed by atoms with Crippen LogP contribution in [0.1, 0.15) is 33.3 Å². The molecule has 0 aliphatic carbocycles. The number of ether oxygens (including phenoxy) is 1. The van der Waals surface area contributed by atoms with E-state index in [1.165, 1.54) is 10.8 Å². The van der Waals surface area contributed by atoms with Crippen LogP contribution in [-0.4, -0.2) is 41.8 Å². The van der Waals surface area contributed by atoms with Crippen LogP contribution in [0.15, 0.2) is 15.8 Å². The van der Waals surface area contributed by atoms with Crippen LogP contribution >= 0.6 is 0 Å². The zero-order valence-corrected chi connectivity index (χ0v) is 16.7. The Balaban J connectivity index is 2.77. The monoisotopic (exact) mass is 358 g/mol. The quantitative estimate of drug-likeness (QED) is 0.722. The predicted molar refractivity (Wildman–Crippen MR) is 95.8 cm³/mol. The first-order valence-corrected chi connectivity index (χ1v) is 11.0. The molecule has 0 bridgehead atoms. The molecule has 1 heterocycles. The molecule has 2 N–H and O–H groups in total. The summed E-state index contributed by atoms with van der Waals surface area (Å²) in [6, 6.07) is 0. The summed E-state index contributed by atoms with van der Waals surface area (Å²) in [4.78, 5) is 25.4. The van der Waals surface area contributed by atoms with Gasteiger partial charge in [0.15, 0.2) is 8.32 Å². The van der Waals surface area contributed by atoms with E-state index in [2.05, 4.69) is 38.8 Å². The Hall–Kier alpha value is -1.22. The Labute approximate surface area is 143 Å². The van der Waals surface area contributed by atoms with Crippen molar-refractivity contribution in [2.24, 2.45) is 0 Å². The Bertz CT molecular complexity index is 658. The minimum Gasteiger partial charge on any atom is -0.414 e. The van der Waals surface area contributed by atoms with Crippen LogP contribution in [0.2, 0.25) is 18.1 Å². The van der Waals surface area contributed by atoms with Gasteiger partial charge in [-0.05, 0) is 32.0 Å².